The van der Waals surface area contributed by atoms with Gasteiger partial charge in [0.05, 0.1) is 12.1 Å². The first-order valence-electron chi connectivity index (χ1n) is 7.10. The van der Waals surface area contributed by atoms with E-state index in [9.17, 15) is 0 Å². The Labute approximate surface area is 117 Å². The zero-order valence-corrected chi connectivity index (χ0v) is 12.0. The van der Waals surface area contributed by atoms with Gasteiger partial charge in [0.25, 0.3) is 0 Å². The summed E-state index contributed by atoms with van der Waals surface area (Å²) in [4.78, 5) is 4.53. The molecule has 2 aliphatic rings. The standard InChI is InChI=1S/C13H21N3O2S/c14-13(5-3-1-2-4-6-13)12-15-11(16-18-12)10-9-19-8-7-17-10/h10H,1-9,14H2. The average molecular weight is 283 g/mol. The van der Waals surface area contributed by atoms with Gasteiger partial charge in [-0.15, -0.1) is 0 Å². The van der Waals surface area contributed by atoms with Gasteiger partial charge in [-0.2, -0.15) is 16.7 Å². The van der Waals surface area contributed by atoms with Crippen molar-refractivity contribution in [1.29, 1.82) is 0 Å². The maximum absolute atomic E-state index is 6.48. The maximum atomic E-state index is 6.48. The Morgan fingerprint density at radius 3 is 2.68 bits per heavy atom. The van der Waals surface area contributed by atoms with Crippen LogP contribution in [0.1, 0.15) is 56.3 Å². The summed E-state index contributed by atoms with van der Waals surface area (Å²) in [5.41, 5.74) is 6.05. The van der Waals surface area contributed by atoms with Gasteiger partial charge in [-0.1, -0.05) is 30.8 Å². The largest absolute Gasteiger partial charge is 0.368 e. The maximum Gasteiger partial charge on any atom is 0.246 e. The third-order valence-electron chi connectivity index (χ3n) is 3.97. The molecule has 0 bridgehead atoms. The van der Waals surface area contributed by atoms with Crippen LogP contribution in [0, 0.1) is 0 Å². The second kappa shape index (κ2) is 5.81. The van der Waals surface area contributed by atoms with Gasteiger partial charge >= 0.3 is 0 Å². The van der Waals surface area contributed by atoms with E-state index < -0.39 is 5.54 Å². The van der Waals surface area contributed by atoms with Gasteiger partial charge in [-0.25, -0.2) is 0 Å². The summed E-state index contributed by atoms with van der Waals surface area (Å²) in [6, 6.07) is 0. The molecule has 5 nitrogen and oxygen atoms in total. The van der Waals surface area contributed by atoms with Crippen LogP contribution in [-0.4, -0.2) is 28.3 Å². The highest BCUT2D eigenvalue weighted by Crippen LogP contribution is 2.34. The van der Waals surface area contributed by atoms with Crippen molar-refractivity contribution in [1.82, 2.24) is 10.1 Å². The lowest BCUT2D eigenvalue weighted by Crippen LogP contribution is -2.36. The topological polar surface area (TPSA) is 74.2 Å². The number of ether oxygens (including phenoxy) is 1. The van der Waals surface area contributed by atoms with Gasteiger partial charge in [-0.05, 0) is 12.8 Å². The highest BCUT2D eigenvalue weighted by Gasteiger charge is 2.35. The lowest BCUT2D eigenvalue weighted by atomic mass is 9.91. The first-order valence-corrected chi connectivity index (χ1v) is 8.26. The molecule has 1 saturated carbocycles. The Bertz CT molecular complexity index is 410. The molecule has 1 saturated heterocycles. The van der Waals surface area contributed by atoms with Crippen molar-refractivity contribution in [3.05, 3.63) is 11.7 Å². The summed E-state index contributed by atoms with van der Waals surface area (Å²) >= 11 is 1.87. The predicted molar refractivity (Wildman–Crippen MR) is 73.9 cm³/mol. The highest BCUT2D eigenvalue weighted by molar-refractivity contribution is 7.99. The summed E-state index contributed by atoms with van der Waals surface area (Å²) in [7, 11) is 0. The van der Waals surface area contributed by atoms with E-state index in [1.807, 2.05) is 11.8 Å². The lowest BCUT2D eigenvalue weighted by Gasteiger charge is -2.23. The van der Waals surface area contributed by atoms with Crippen molar-refractivity contribution in [3.8, 4) is 0 Å². The fourth-order valence-electron chi connectivity index (χ4n) is 2.78. The molecule has 1 aliphatic carbocycles. The molecule has 0 spiro atoms. The number of aromatic nitrogens is 2. The van der Waals surface area contributed by atoms with E-state index in [-0.39, 0.29) is 6.10 Å². The van der Waals surface area contributed by atoms with Crippen molar-refractivity contribution in [2.24, 2.45) is 5.73 Å². The minimum atomic E-state index is -0.427. The fraction of sp³-hybridized carbons (Fsp3) is 0.846. The molecule has 0 amide bonds. The SMILES string of the molecule is NC1(c2nc(C3CSCCO3)no2)CCCCCC1. The van der Waals surface area contributed by atoms with Crippen LogP contribution >= 0.6 is 11.8 Å². The van der Waals surface area contributed by atoms with Crippen molar-refractivity contribution in [3.63, 3.8) is 0 Å². The molecule has 2 heterocycles. The number of hydrogen-bond donors (Lipinski definition) is 1. The summed E-state index contributed by atoms with van der Waals surface area (Å²) in [5, 5.41) is 4.09. The summed E-state index contributed by atoms with van der Waals surface area (Å²) in [5.74, 6) is 3.21. The van der Waals surface area contributed by atoms with Crippen molar-refractivity contribution < 1.29 is 9.26 Å². The molecule has 106 valence electrons. The third-order valence-corrected chi connectivity index (χ3v) is 4.96. The Morgan fingerprint density at radius 1 is 1.21 bits per heavy atom. The van der Waals surface area contributed by atoms with Crippen LogP contribution in [0.4, 0.5) is 0 Å². The monoisotopic (exact) mass is 283 g/mol. The molecule has 2 fully saturated rings. The van der Waals surface area contributed by atoms with Gasteiger partial charge in [-0.3, -0.25) is 0 Å². The van der Waals surface area contributed by atoms with Crippen molar-refractivity contribution in [2.45, 2.75) is 50.2 Å². The molecule has 2 N–H and O–H groups in total. The van der Waals surface area contributed by atoms with Gasteiger partial charge in [0.15, 0.2) is 0 Å². The van der Waals surface area contributed by atoms with Gasteiger partial charge in [0.1, 0.15) is 6.10 Å². The molecule has 1 aliphatic heterocycles. The third kappa shape index (κ3) is 2.95. The first kappa shape index (κ1) is 13.4. The van der Waals surface area contributed by atoms with Crippen LogP contribution in [-0.2, 0) is 10.3 Å². The van der Waals surface area contributed by atoms with Crippen molar-refractivity contribution in [2.75, 3.05) is 18.1 Å². The second-order valence-electron chi connectivity index (χ2n) is 5.46. The van der Waals surface area contributed by atoms with Crippen LogP contribution in [0.3, 0.4) is 0 Å². The molecule has 3 rings (SSSR count). The molecule has 0 radical (unpaired) electrons. The summed E-state index contributed by atoms with van der Waals surface area (Å²) < 4.78 is 11.1. The zero-order valence-electron chi connectivity index (χ0n) is 11.1. The molecule has 1 unspecified atom stereocenters. The first-order chi connectivity index (χ1) is 9.28. The Kier molecular flexibility index (Phi) is 4.10. The van der Waals surface area contributed by atoms with Crippen LogP contribution in [0.15, 0.2) is 4.52 Å². The number of hydrogen-bond acceptors (Lipinski definition) is 6. The van der Waals surface area contributed by atoms with Crippen LogP contribution in [0.25, 0.3) is 0 Å². The fourth-order valence-corrected chi connectivity index (χ4v) is 3.62. The van der Waals surface area contributed by atoms with E-state index in [2.05, 4.69) is 10.1 Å². The number of nitrogens with two attached hydrogens (primary N) is 1. The van der Waals surface area contributed by atoms with E-state index in [1.54, 1.807) is 0 Å². The van der Waals surface area contributed by atoms with E-state index in [0.717, 1.165) is 43.8 Å². The van der Waals surface area contributed by atoms with E-state index in [4.69, 9.17) is 15.0 Å². The van der Waals surface area contributed by atoms with Crippen LogP contribution < -0.4 is 5.73 Å². The lowest BCUT2D eigenvalue weighted by molar-refractivity contribution is 0.0677. The normalized spacial score (nSPS) is 27.9. The molecule has 1 atom stereocenters. The Balaban J connectivity index is 1.75. The second-order valence-corrected chi connectivity index (χ2v) is 6.61. The molecule has 0 aromatic carbocycles. The smallest absolute Gasteiger partial charge is 0.246 e. The molecule has 19 heavy (non-hydrogen) atoms. The Morgan fingerprint density at radius 2 is 2.00 bits per heavy atom. The minimum Gasteiger partial charge on any atom is -0.368 e. The van der Waals surface area contributed by atoms with Crippen LogP contribution in [0.5, 0.6) is 0 Å². The number of thioether (sulfide) groups is 1. The van der Waals surface area contributed by atoms with Gasteiger partial charge in [0.2, 0.25) is 11.7 Å². The van der Waals surface area contributed by atoms with E-state index in [0.29, 0.717) is 11.7 Å². The summed E-state index contributed by atoms with van der Waals surface area (Å²) in [6.07, 6.45) is 6.63. The molecule has 1 aromatic heterocycles. The van der Waals surface area contributed by atoms with E-state index >= 15 is 0 Å². The zero-order chi connectivity index (χ0) is 13.1. The predicted octanol–water partition coefficient (Wildman–Crippen LogP) is 2.38. The molecule has 1 aromatic rings. The van der Waals surface area contributed by atoms with E-state index in [1.165, 1.54) is 12.8 Å². The summed E-state index contributed by atoms with van der Waals surface area (Å²) in [6.45, 7) is 0.757. The number of rotatable bonds is 2. The molecular formula is C13H21N3O2S. The van der Waals surface area contributed by atoms with Crippen molar-refractivity contribution >= 4 is 11.8 Å². The highest BCUT2D eigenvalue weighted by atomic mass is 32.2. The number of nitrogens with zero attached hydrogens (tertiary/aromatic N) is 2. The van der Waals surface area contributed by atoms with Gasteiger partial charge < -0.3 is 15.0 Å². The minimum absolute atomic E-state index is 0.0365. The quantitative estimate of drug-likeness (QED) is 0.840. The molecule has 6 heteroatoms. The average Bonchev–Trinajstić information content (AvgIpc) is 2.85. The molecular weight excluding hydrogens is 262 g/mol. The Hall–Kier alpha value is -0.590. The van der Waals surface area contributed by atoms with Crippen LogP contribution in [0.2, 0.25) is 0 Å². The van der Waals surface area contributed by atoms with Gasteiger partial charge in [0, 0.05) is 11.5 Å².